The Kier molecular flexibility index (Phi) is 5.77. The van der Waals surface area contributed by atoms with E-state index in [1.165, 1.54) is 4.90 Å². The topological polar surface area (TPSA) is 55.2 Å². The number of nitrogens with zero attached hydrogens (tertiary/aromatic N) is 3. The standard InChI is InChI=1S/C22H14Cl3N3O2/c23-15-8-6-14(7-9-15)11-27-12-19(16-3-2-10-26-22(16)27)28(20(30)13-29)21-17(24)4-1-5-18(21)25/h1-10,12-13H,11H2. The van der Waals surface area contributed by atoms with Gasteiger partial charge in [0.2, 0.25) is 6.29 Å². The molecule has 0 bridgehead atoms. The summed E-state index contributed by atoms with van der Waals surface area (Å²) in [4.78, 5) is 29.8. The molecule has 0 saturated carbocycles. The van der Waals surface area contributed by atoms with E-state index >= 15 is 0 Å². The van der Waals surface area contributed by atoms with Crippen molar-refractivity contribution in [1.82, 2.24) is 9.55 Å². The minimum absolute atomic E-state index is 0.235. The fourth-order valence-electron chi connectivity index (χ4n) is 3.29. The number of anilines is 2. The van der Waals surface area contributed by atoms with Crippen LogP contribution >= 0.6 is 34.8 Å². The lowest BCUT2D eigenvalue weighted by molar-refractivity contribution is -0.129. The summed E-state index contributed by atoms with van der Waals surface area (Å²) < 4.78 is 1.89. The van der Waals surface area contributed by atoms with Crippen molar-refractivity contribution in [2.45, 2.75) is 6.54 Å². The average molecular weight is 459 g/mol. The summed E-state index contributed by atoms with van der Waals surface area (Å²) in [7, 11) is 0. The monoisotopic (exact) mass is 457 g/mol. The highest BCUT2D eigenvalue weighted by atomic mass is 35.5. The van der Waals surface area contributed by atoms with Crippen LogP contribution in [0.4, 0.5) is 11.4 Å². The Balaban J connectivity index is 1.91. The molecule has 4 rings (SSSR count). The summed E-state index contributed by atoms with van der Waals surface area (Å²) in [5, 5.41) is 1.82. The number of pyridine rings is 1. The fraction of sp³-hybridized carbons (Fsp3) is 0.0455. The summed E-state index contributed by atoms with van der Waals surface area (Å²) >= 11 is 18.7. The molecule has 0 aliphatic rings. The van der Waals surface area contributed by atoms with E-state index in [1.54, 1.807) is 36.7 Å². The maximum atomic E-state index is 12.7. The normalized spacial score (nSPS) is 10.9. The van der Waals surface area contributed by atoms with Crippen LogP contribution in [0.3, 0.4) is 0 Å². The van der Waals surface area contributed by atoms with Crippen LogP contribution in [0.5, 0.6) is 0 Å². The zero-order chi connectivity index (χ0) is 21.3. The van der Waals surface area contributed by atoms with Gasteiger partial charge in [-0.3, -0.25) is 14.5 Å². The van der Waals surface area contributed by atoms with Crippen molar-refractivity contribution < 1.29 is 9.59 Å². The van der Waals surface area contributed by atoms with Gasteiger partial charge in [-0.1, -0.05) is 53.0 Å². The molecule has 30 heavy (non-hydrogen) atoms. The molecule has 2 aromatic heterocycles. The third-order valence-electron chi connectivity index (χ3n) is 4.60. The summed E-state index contributed by atoms with van der Waals surface area (Å²) in [5.74, 6) is -0.792. The van der Waals surface area contributed by atoms with Crippen LogP contribution in [0.15, 0.2) is 67.0 Å². The fourth-order valence-corrected chi connectivity index (χ4v) is 3.99. The predicted octanol–water partition coefficient (Wildman–Crippen LogP) is 5.91. The first kappa shape index (κ1) is 20.4. The van der Waals surface area contributed by atoms with Gasteiger partial charge in [0.1, 0.15) is 5.65 Å². The van der Waals surface area contributed by atoms with Crippen LogP contribution < -0.4 is 4.90 Å². The van der Waals surface area contributed by atoms with E-state index in [0.717, 1.165) is 5.56 Å². The van der Waals surface area contributed by atoms with E-state index in [2.05, 4.69) is 4.98 Å². The second-order valence-electron chi connectivity index (χ2n) is 6.51. The lowest BCUT2D eigenvalue weighted by atomic mass is 10.2. The first-order valence-electron chi connectivity index (χ1n) is 8.91. The molecule has 1 amide bonds. The Labute approximate surface area is 187 Å². The van der Waals surface area contributed by atoms with Gasteiger partial charge in [-0.15, -0.1) is 0 Å². The maximum absolute atomic E-state index is 12.7. The van der Waals surface area contributed by atoms with E-state index in [4.69, 9.17) is 34.8 Å². The number of hydrogen-bond acceptors (Lipinski definition) is 3. The van der Waals surface area contributed by atoms with Gasteiger partial charge in [0.15, 0.2) is 0 Å². The summed E-state index contributed by atoms with van der Waals surface area (Å²) in [6.45, 7) is 0.490. The molecule has 0 atom stereocenters. The van der Waals surface area contributed by atoms with Gasteiger partial charge in [0.05, 0.1) is 21.4 Å². The van der Waals surface area contributed by atoms with Crippen LogP contribution in [0, 0.1) is 0 Å². The van der Waals surface area contributed by atoms with Gasteiger partial charge in [0, 0.05) is 29.3 Å². The zero-order valence-electron chi connectivity index (χ0n) is 15.4. The molecule has 4 aromatic rings. The Morgan fingerprint density at radius 1 is 1.00 bits per heavy atom. The molecule has 2 heterocycles. The average Bonchev–Trinajstić information content (AvgIpc) is 3.10. The van der Waals surface area contributed by atoms with Crippen molar-refractivity contribution in [2.75, 3.05) is 4.90 Å². The molecular formula is C22H14Cl3N3O2. The van der Waals surface area contributed by atoms with Crippen LogP contribution in [-0.4, -0.2) is 21.7 Å². The highest BCUT2D eigenvalue weighted by molar-refractivity contribution is 6.43. The Morgan fingerprint density at radius 3 is 2.37 bits per heavy atom. The summed E-state index contributed by atoms with van der Waals surface area (Å²) in [6, 6.07) is 15.9. The van der Waals surface area contributed by atoms with Crippen molar-refractivity contribution >= 4 is 69.4 Å². The number of amides is 1. The molecule has 0 unspecified atom stereocenters. The van der Waals surface area contributed by atoms with E-state index in [9.17, 15) is 9.59 Å². The van der Waals surface area contributed by atoms with E-state index < -0.39 is 5.91 Å². The van der Waals surface area contributed by atoms with Gasteiger partial charge in [-0.25, -0.2) is 4.98 Å². The van der Waals surface area contributed by atoms with Gasteiger partial charge in [-0.05, 0) is 42.0 Å². The van der Waals surface area contributed by atoms with Crippen LogP contribution in [0.1, 0.15) is 5.56 Å². The number of carbonyl (C=O) groups excluding carboxylic acids is 2. The minimum atomic E-state index is -0.792. The quantitative estimate of drug-likeness (QED) is 0.276. The minimum Gasteiger partial charge on any atom is -0.326 e. The molecular weight excluding hydrogens is 445 g/mol. The molecule has 0 spiro atoms. The number of halogens is 3. The highest BCUT2D eigenvalue weighted by Gasteiger charge is 2.26. The first-order valence-corrected chi connectivity index (χ1v) is 10.0. The van der Waals surface area contributed by atoms with Crippen molar-refractivity contribution in [3.05, 3.63) is 87.6 Å². The lowest BCUT2D eigenvalue weighted by Gasteiger charge is -2.22. The summed E-state index contributed by atoms with van der Waals surface area (Å²) in [6.07, 6.45) is 3.66. The number of benzene rings is 2. The Morgan fingerprint density at radius 2 is 1.70 bits per heavy atom. The van der Waals surface area contributed by atoms with E-state index in [1.807, 2.05) is 34.9 Å². The smallest absolute Gasteiger partial charge is 0.295 e. The molecule has 150 valence electrons. The van der Waals surface area contributed by atoms with Crippen molar-refractivity contribution in [3.63, 3.8) is 0 Å². The number of fused-ring (bicyclic) bond motifs is 1. The van der Waals surface area contributed by atoms with Crippen molar-refractivity contribution in [2.24, 2.45) is 0 Å². The molecule has 2 aromatic carbocycles. The third kappa shape index (κ3) is 3.79. The highest BCUT2D eigenvalue weighted by Crippen LogP contribution is 2.41. The third-order valence-corrected chi connectivity index (χ3v) is 5.46. The second-order valence-corrected chi connectivity index (χ2v) is 7.76. The number of carbonyl (C=O) groups is 2. The molecule has 5 nitrogen and oxygen atoms in total. The number of aldehydes is 1. The van der Waals surface area contributed by atoms with Crippen molar-refractivity contribution in [3.8, 4) is 0 Å². The Bertz CT molecular complexity index is 1230. The lowest BCUT2D eigenvalue weighted by Crippen LogP contribution is -2.27. The summed E-state index contributed by atoms with van der Waals surface area (Å²) in [5.41, 5.74) is 2.35. The van der Waals surface area contributed by atoms with Gasteiger partial charge < -0.3 is 4.57 Å². The number of para-hydroxylation sites is 1. The molecule has 0 saturated heterocycles. The molecule has 0 aliphatic heterocycles. The second kappa shape index (κ2) is 8.48. The largest absolute Gasteiger partial charge is 0.326 e. The Hall–Kier alpha value is -2.86. The van der Waals surface area contributed by atoms with E-state index in [0.29, 0.717) is 28.3 Å². The molecule has 8 heteroatoms. The maximum Gasteiger partial charge on any atom is 0.295 e. The number of hydrogen-bond donors (Lipinski definition) is 0. The number of aromatic nitrogens is 2. The van der Waals surface area contributed by atoms with Crippen molar-refractivity contribution in [1.29, 1.82) is 0 Å². The number of rotatable bonds is 5. The molecule has 0 radical (unpaired) electrons. The molecule has 0 fully saturated rings. The zero-order valence-corrected chi connectivity index (χ0v) is 17.7. The van der Waals surface area contributed by atoms with Crippen LogP contribution in [0.25, 0.3) is 11.0 Å². The van der Waals surface area contributed by atoms with E-state index in [-0.39, 0.29) is 22.0 Å². The van der Waals surface area contributed by atoms with Gasteiger partial charge in [-0.2, -0.15) is 0 Å². The van der Waals surface area contributed by atoms with Gasteiger partial charge >= 0.3 is 0 Å². The van der Waals surface area contributed by atoms with Crippen LogP contribution in [0.2, 0.25) is 15.1 Å². The molecule has 0 N–H and O–H groups in total. The van der Waals surface area contributed by atoms with Crippen LogP contribution in [-0.2, 0) is 16.1 Å². The first-order chi connectivity index (χ1) is 14.5. The molecule has 0 aliphatic carbocycles. The SMILES string of the molecule is O=CC(=O)N(c1c(Cl)cccc1Cl)c1cn(Cc2ccc(Cl)cc2)c2ncccc12. The van der Waals surface area contributed by atoms with Gasteiger partial charge in [0.25, 0.3) is 5.91 Å². The predicted molar refractivity (Wildman–Crippen MR) is 120 cm³/mol.